The van der Waals surface area contributed by atoms with Gasteiger partial charge in [0.2, 0.25) is 0 Å². The number of aromatic nitrogens is 1. The SMILES string of the molecule is CC(C)OC(=O)[C@H]1C(=O)C[C@@](C)(O)[C@H](C(=O)OC(C)C)[C@@H]1c1ccccn1. The first-order valence-corrected chi connectivity index (χ1v) is 9.11. The second kappa shape index (κ2) is 8.17. The highest BCUT2D eigenvalue weighted by molar-refractivity contribution is 6.02. The van der Waals surface area contributed by atoms with Gasteiger partial charge in [-0.1, -0.05) is 6.07 Å². The van der Waals surface area contributed by atoms with Crippen LogP contribution in [-0.2, 0) is 23.9 Å². The number of rotatable bonds is 5. The molecule has 0 aromatic carbocycles. The first kappa shape index (κ1) is 21.0. The van der Waals surface area contributed by atoms with Crippen molar-refractivity contribution in [1.82, 2.24) is 4.98 Å². The summed E-state index contributed by atoms with van der Waals surface area (Å²) in [6, 6.07) is 5.02. The van der Waals surface area contributed by atoms with Crippen LogP contribution in [0.25, 0.3) is 0 Å². The minimum Gasteiger partial charge on any atom is -0.463 e. The van der Waals surface area contributed by atoms with Gasteiger partial charge in [0.1, 0.15) is 5.92 Å². The van der Waals surface area contributed by atoms with Gasteiger partial charge in [0.05, 0.1) is 23.7 Å². The van der Waals surface area contributed by atoms with Crippen LogP contribution in [0.1, 0.15) is 52.7 Å². The van der Waals surface area contributed by atoms with Crippen molar-refractivity contribution in [3.63, 3.8) is 0 Å². The molecule has 7 nitrogen and oxygen atoms in total. The fourth-order valence-corrected chi connectivity index (χ4v) is 3.56. The topological polar surface area (TPSA) is 103 Å². The highest BCUT2D eigenvalue weighted by Gasteiger charge is 2.57. The molecule has 7 heteroatoms. The number of carbonyl (C=O) groups is 3. The lowest BCUT2D eigenvalue weighted by atomic mass is 9.62. The lowest BCUT2D eigenvalue weighted by Crippen LogP contribution is -2.55. The minimum atomic E-state index is -1.67. The molecule has 2 rings (SSSR count). The number of carbonyl (C=O) groups excluding carboxylic acids is 3. The molecule has 4 atom stereocenters. The van der Waals surface area contributed by atoms with E-state index in [1.54, 1.807) is 45.9 Å². The number of ether oxygens (including phenoxy) is 2. The Balaban J connectivity index is 2.57. The molecular formula is C20H27NO6. The van der Waals surface area contributed by atoms with Crippen molar-refractivity contribution in [1.29, 1.82) is 0 Å². The molecule has 0 radical (unpaired) electrons. The average molecular weight is 377 g/mol. The Labute approximate surface area is 159 Å². The zero-order valence-corrected chi connectivity index (χ0v) is 16.3. The third-order valence-electron chi connectivity index (χ3n) is 4.51. The molecule has 148 valence electrons. The summed E-state index contributed by atoms with van der Waals surface area (Å²) in [5.41, 5.74) is -1.30. The Hall–Kier alpha value is -2.28. The summed E-state index contributed by atoms with van der Waals surface area (Å²) in [7, 11) is 0. The molecule has 1 saturated carbocycles. The molecule has 1 aromatic rings. The molecule has 0 spiro atoms. The van der Waals surface area contributed by atoms with Crippen LogP contribution in [-0.4, -0.2) is 45.6 Å². The van der Waals surface area contributed by atoms with E-state index in [0.29, 0.717) is 5.69 Å². The van der Waals surface area contributed by atoms with Crippen LogP contribution < -0.4 is 0 Å². The van der Waals surface area contributed by atoms with Crippen LogP contribution in [0.4, 0.5) is 0 Å². The number of hydrogen-bond donors (Lipinski definition) is 1. The normalized spacial score (nSPS) is 28.3. The highest BCUT2D eigenvalue weighted by Crippen LogP contribution is 2.46. The molecule has 1 aliphatic carbocycles. The number of aliphatic hydroxyl groups is 1. The van der Waals surface area contributed by atoms with Gasteiger partial charge in [-0.25, -0.2) is 0 Å². The first-order valence-electron chi connectivity index (χ1n) is 9.11. The fourth-order valence-electron chi connectivity index (χ4n) is 3.56. The predicted molar refractivity (Wildman–Crippen MR) is 96.7 cm³/mol. The summed E-state index contributed by atoms with van der Waals surface area (Å²) in [5.74, 6) is -5.19. The van der Waals surface area contributed by atoms with Crippen LogP contribution in [0, 0.1) is 11.8 Å². The number of esters is 2. The largest absolute Gasteiger partial charge is 0.463 e. The number of ketones is 1. The van der Waals surface area contributed by atoms with Gasteiger partial charge in [-0.05, 0) is 46.8 Å². The molecule has 1 heterocycles. The van der Waals surface area contributed by atoms with Gasteiger partial charge < -0.3 is 14.6 Å². The van der Waals surface area contributed by atoms with Crippen molar-refractivity contribution in [2.75, 3.05) is 0 Å². The summed E-state index contributed by atoms with van der Waals surface area (Å²) < 4.78 is 10.6. The van der Waals surface area contributed by atoms with Gasteiger partial charge in [0.15, 0.2) is 5.78 Å². The van der Waals surface area contributed by atoms with E-state index < -0.39 is 53.3 Å². The lowest BCUT2D eigenvalue weighted by molar-refractivity contribution is -0.176. The minimum absolute atomic E-state index is 0.341. The second-order valence-electron chi connectivity index (χ2n) is 7.71. The van der Waals surface area contributed by atoms with Crippen LogP contribution >= 0.6 is 0 Å². The maximum absolute atomic E-state index is 12.8. The molecule has 0 unspecified atom stereocenters. The summed E-state index contributed by atoms with van der Waals surface area (Å²) in [5, 5.41) is 10.9. The van der Waals surface area contributed by atoms with E-state index in [2.05, 4.69) is 4.98 Å². The van der Waals surface area contributed by atoms with Crippen molar-refractivity contribution in [2.24, 2.45) is 11.8 Å². The number of Topliss-reactive ketones (excluding diaryl/α,β-unsaturated/α-hetero) is 1. The summed E-state index contributed by atoms with van der Waals surface area (Å²) in [4.78, 5) is 42.5. The Morgan fingerprint density at radius 3 is 2.26 bits per heavy atom. The second-order valence-corrected chi connectivity index (χ2v) is 7.71. The lowest BCUT2D eigenvalue weighted by Gasteiger charge is -2.43. The number of hydrogen-bond acceptors (Lipinski definition) is 7. The summed E-state index contributed by atoms with van der Waals surface area (Å²) in [6.07, 6.45) is 0.347. The monoisotopic (exact) mass is 377 g/mol. The standard InChI is InChI=1S/C20H27NO6/c1-11(2)26-18(23)16-14(22)10-20(5,25)17(19(24)27-12(3)4)15(16)13-8-6-7-9-21-13/h6-9,11-12,15-17,25H,10H2,1-5H3/t15-,16+,17+,20-/m1/s1. The molecule has 27 heavy (non-hydrogen) atoms. The van der Waals surface area contributed by atoms with Crippen molar-refractivity contribution >= 4 is 17.7 Å². The molecule has 1 fully saturated rings. The van der Waals surface area contributed by atoms with Gasteiger partial charge in [-0.15, -0.1) is 0 Å². The maximum Gasteiger partial charge on any atom is 0.317 e. The van der Waals surface area contributed by atoms with Crippen LogP contribution in [0.3, 0.4) is 0 Å². The van der Waals surface area contributed by atoms with Gasteiger partial charge >= 0.3 is 11.9 Å². The third kappa shape index (κ3) is 4.71. The van der Waals surface area contributed by atoms with Crippen molar-refractivity contribution in [3.8, 4) is 0 Å². The van der Waals surface area contributed by atoms with E-state index >= 15 is 0 Å². The predicted octanol–water partition coefficient (Wildman–Crippen LogP) is 2.02. The molecule has 0 saturated heterocycles. The van der Waals surface area contributed by atoms with Crippen LogP contribution in [0.2, 0.25) is 0 Å². The van der Waals surface area contributed by atoms with Gasteiger partial charge in [0.25, 0.3) is 0 Å². The molecule has 0 bridgehead atoms. The number of pyridine rings is 1. The Bertz CT molecular complexity index is 690. The van der Waals surface area contributed by atoms with Crippen LogP contribution in [0.15, 0.2) is 24.4 Å². The molecule has 0 amide bonds. The first-order chi connectivity index (χ1) is 12.5. The zero-order valence-electron chi connectivity index (χ0n) is 16.3. The Kier molecular flexibility index (Phi) is 6.36. The maximum atomic E-state index is 12.8. The van der Waals surface area contributed by atoms with E-state index in [4.69, 9.17) is 9.47 Å². The van der Waals surface area contributed by atoms with Crippen molar-refractivity contribution in [2.45, 2.75) is 64.8 Å². The molecular weight excluding hydrogens is 350 g/mol. The smallest absolute Gasteiger partial charge is 0.317 e. The van der Waals surface area contributed by atoms with E-state index in [1.165, 1.54) is 13.1 Å². The molecule has 1 aliphatic rings. The Morgan fingerprint density at radius 2 is 1.74 bits per heavy atom. The zero-order chi connectivity index (χ0) is 20.4. The van der Waals surface area contributed by atoms with E-state index in [0.717, 1.165) is 0 Å². The van der Waals surface area contributed by atoms with Gasteiger partial charge in [0, 0.05) is 24.2 Å². The fraction of sp³-hybridized carbons (Fsp3) is 0.600. The molecule has 1 N–H and O–H groups in total. The summed E-state index contributed by atoms with van der Waals surface area (Å²) in [6.45, 7) is 8.17. The van der Waals surface area contributed by atoms with Crippen molar-refractivity contribution in [3.05, 3.63) is 30.1 Å². The third-order valence-corrected chi connectivity index (χ3v) is 4.51. The van der Waals surface area contributed by atoms with Crippen molar-refractivity contribution < 1.29 is 29.0 Å². The van der Waals surface area contributed by atoms with E-state index in [9.17, 15) is 19.5 Å². The van der Waals surface area contributed by atoms with E-state index in [1.807, 2.05) is 0 Å². The number of nitrogens with zero attached hydrogens (tertiary/aromatic N) is 1. The average Bonchev–Trinajstić information content (AvgIpc) is 2.52. The molecule has 1 aromatic heterocycles. The van der Waals surface area contributed by atoms with Crippen LogP contribution in [0.5, 0.6) is 0 Å². The summed E-state index contributed by atoms with van der Waals surface area (Å²) >= 11 is 0. The highest BCUT2D eigenvalue weighted by atomic mass is 16.5. The quantitative estimate of drug-likeness (QED) is 0.618. The molecule has 0 aliphatic heterocycles. The van der Waals surface area contributed by atoms with Gasteiger partial charge in [-0.3, -0.25) is 19.4 Å². The Morgan fingerprint density at radius 1 is 1.15 bits per heavy atom. The van der Waals surface area contributed by atoms with Gasteiger partial charge in [-0.2, -0.15) is 0 Å². The van der Waals surface area contributed by atoms with E-state index in [-0.39, 0.29) is 6.42 Å².